The minimum Gasteiger partial charge on any atom is -0.507 e. The van der Waals surface area contributed by atoms with Gasteiger partial charge in [-0.05, 0) is 18.4 Å². The monoisotopic (exact) mass is 383 g/mol. The van der Waals surface area contributed by atoms with Gasteiger partial charge in [-0.25, -0.2) is 0 Å². The van der Waals surface area contributed by atoms with Gasteiger partial charge in [0.1, 0.15) is 5.75 Å². The highest BCUT2D eigenvalue weighted by Crippen LogP contribution is 2.41. The summed E-state index contributed by atoms with van der Waals surface area (Å²) in [4.78, 5) is 15.0. The first kappa shape index (κ1) is 17.0. The smallest absolute Gasteiger partial charge is 0.270 e. The number of ether oxygens (including phenoxy) is 1. The van der Waals surface area contributed by atoms with Gasteiger partial charge in [-0.2, -0.15) is 4.98 Å². The van der Waals surface area contributed by atoms with E-state index in [0.29, 0.717) is 16.5 Å². The Morgan fingerprint density at radius 3 is 2.85 bits per heavy atom. The molecule has 1 atom stereocenters. The van der Waals surface area contributed by atoms with Crippen LogP contribution >= 0.6 is 11.8 Å². The van der Waals surface area contributed by atoms with E-state index in [1.165, 1.54) is 30.0 Å². The van der Waals surface area contributed by atoms with Crippen LogP contribution in [0.15, 0.2) is 47.6 Å². The minimum absolute atomic E-state index is 0.133. The maximum absolute atomic E-state index is 11.1. The van der Waals surface area contributed by atoms with Gasteiger partial charge in [0.25, 0.3) is 5.69 Å². The van der Waals surface area contributed by atoms with Gasteiger partial charge in [0.05, 0.1) is 10.5 Å². The van der Waals surface area contributed by atoms with E-state index >= 15 is 0 Å². The van der Waals surface area contributed by atoms with Crippen molar-refractivity contribution in [1.82, 2.24) is 15.2 Å². The minimum atomic E-state index is -0.904. The Hall–Kier alpha value is -3.40. The first-order valence-electron chi connectivity index (χ1n) is 7.85. The molecule has 1 aromatic heterocycles. The second kappa shape index (κ2) is 6.72. The molecule has 0 unspecified atom stereocenters. The van der Waals surface area contributed by atoms with Gasteiger partial charge in [0.2, 0.25) is 17.3 Å². The predicted octanol–water partition coefficient (Wildman–Crippen LogP) is 3.38. The number of phenols is 1. The molecule has 9 nitrogen and oxygen atoms in total. The molecule has 0 saturated heterocycles. The molecule has 1 aliphatic heterocycles. The number of hydrogen-bond donors (Lipinski definition) is 2. The predicted molar refractivity (Wildman–Crippen MR) is 98.8 cm³/mol. The van der Waals surface area contributed by atoms with Gasteiger partial charge < -0.3 is 15.2 Å². The molecule has 3 aromatic rings. The lowest BCUT2D eigenvalue weighted by Crippen LogP contribution is -2.17. The topological polar surface area (TPSA) is 123 Å². The number of nitrogens with zero attached hydrogens (tertiary/aromatic N) is 4. The lowest BCUT2D eigenvalue weighted by atomic mass is 10.1. The average molecular weight is 383 g/mol. The second-order valence-electron chi connectivity index (χ2n) is 5.64. The molecule has 0 bridgehead atoms. The van der Waals surface area contributed by atoms with Crippen LogP contribution in [0.4, 0.5) is 11.4 Å². The van der Waals surface area contributed by atoms with E-state index in [9.17, 15) is 15.2 Å². The maximum atomic E-state index is 11.1. The van der Waals surface area contributed by atoms with Crippen LogP contribution < -0.4 is 10.1 Å². The van der Waals surface area contributed by atoms with Crippen LogP contribution in [0.5, 0.6) is 11.6 Å². The van der Waals surface area contributed by atoms with Crippen LogP contribution in [0, 0.1) is 10.1 Å². The number of anilines is 1. The maximum Gasteiger partial charge on any atom is 0.270 e. The zero-order valence-electron chi connectivity index (χ0n) is 14.0. The number of aromatic nitrogens is 3. The van der Waals surface area contributed by atoms with Gasteiger partial charge in [-0.15, -0.1) is 10.2 Å². The second-order valence-corrected chi connectivity index (χ2v) is 6.41. The van der Waals surface area contributed by atoms with Crippen LogP contribution in [-0.4, -0.2) is 31.5 Å². The molecule has 1 aliphatic rings. The van der Waals surface area contributed by atoms with Crippen LogP contribution in [0.1, 0.15) is 11.8 Å². The molecular weight excluding hydrogens is 370 g/mol. The lowest BCUT2D eigenvalue weighted by molar-refractivity contribution is -0.385. The molecule has 4 rings (SSSR count). The number of aromatic hydroxyl groups is 1. The molecule has 0 aliphatic carbocycles. The fraction of sp³-hybridized carbons (Fsp3) is 0.118. The van der Waals surface area contributed by atoms with Crippen LogP contribution in [0.2, 0.25) is 0 Å². The highest BCUT2D eigenvalue weighted by atomic mass is 32.2. The van der Waals surface area contributed by atoms with E-state index in [1.807, 2.05) is 30.5 Å². The van der Waals surface area contributed by atoms with Crippen LogP contribution in [0.25, 0.3) is 11.3 Å². The summed E-state index contributed by atoms with van der Waals surface area (Å²) in [7, 11) is 0. The quantitative estimate of drug-likeness (QED) is 0.398. The number of non-ortho nitro benzene ring substituents is 1. The van der Waals surface area contributed by atoms with Crippen molar-refractivity contribution in [2.75, 3.05) is 11.6 Å². The molecular formula is C17H13N5O4S. The highest BCUT2D eigenvalue weighted by Gasteiger charge is 2.28. The highest BCUT2D eigenvalue weighted by molar-refractivity contribution is 7.98. The number of fused-ring (bicyclic) bond motifs is 3. The fourth-order valence-electron chi connectivity index (χ4n) is 2.74. The van der Waals surface area contributed by atoms with E-state index < -0.39 is 11.2 Å². The molecule has 2 N–H and O–H groups in total. The molecule has 0 amide bonds. The average Bonchev–Trinajstić information content (AvgIpc) is 2.84. The summed E-state index contributed by atoms with van der Waals surface area (Å²) in [6.07, 6.45) is 0.912. The number of nitro groups is 1. The summed E-state index contributed by atoms with van der Waals surface area (Å²) in [5, 5.41) is 33.2. The first-order chi connectivity index (χ1) is 13.1. The summed E-state index contributed by atoms with van der Waals surface area (Å²) >= 11 is 1.31. The van der Waals surface area contributed by atoms with Crippen LogP contribution in [0.3, 0.4) is 0 Å². The number of rotatable bonds is 3. The SMILES string of the molecule is CSc1nnc2c(n1)O[C@@H](c1cc([N+](=O)[O-])ccc1O)Nc1ccccc1-2. The molecule has 0 spiro atoms. The summed E-state index contributed by atoms with van der Waals surface area (Å²) in [5.74, 6) is 0.0915. The Morgan fingerprint density at radius 1 is 1.26 bits per heavy atom. The number of benzene rings is 2. The third-order valence-electron chi connectivity index (χ3n) is 4.02. The van der Waals surface area contributed by atoms with E-state index in [1.54, 1.807) is 0 Å². The zero-order chi connectivity index (χ0) is 19.0. The molecule has 0 fully saturated rings. The number of para-hydroxylation sites is 1. The van der Waals surface area contributed by atoms with Crippen molar-refractivity contribution in [3.63, 3.8) is 0 Å². The standard InChI is InChI=1S/C17H13N5O4S/c1-27-17-19-16-14(20-21-17)10-4-2-3-5-12(10)18-15(26-16)11-8-9(22(24)25)6-7-13(11)23/h2-8,15,18,23H,1H3/t15-/m0/s1. The normalized spacial score (nSPS) is 14.9. The van der Waals surface area contributed by atoms with Gasteiger partial charge in [-0.3, -0.25) is 10.1 Å². The molecule has 0 radical (unpaired) electrons. The van der Waals surface area contributed by atoms with Gasteiger partial charge in [0.15, 0.2) is 5.69 Å². The van der Waals surface area contributed by atoms with Crippen molar-refractivity contribution in [3.8, 4) is 22.9 Å². The molecule has 2 heterocycles. The molecule has 10 heteroatoms. The summed E-state index contributed by atoms with van der Waals surface area (Å²) in [6, 6.07) is 11.1. The number of nitro benzene ring substituents is 1. The zero-order valence-corrected chi connectivity index (χ0v) is 14.8. The Labute approximate surface area is 157 Å². The third kappa shape index (κ3) is 3.10. The summed E-state index contributed by atoms with van der Waals surface area (Å²) in [6.45, 7) is 0. The fourth-order valence-corrected chi connectivity index (χ4v) is 3.04. The van der Waals surface area contributed by atoms with Gasteiger partial charge >= 0.3 is 0 Å². The van der Waals surface area contributed by atoms with Gasteiger partial charge in [0, 0.05) is 23.4 Å². The Kier molecular flexibility index (Phi) is 4.24. The molecule has 0 saturated carbocycles. The largest absolute Gasteiger partial charge is 0.507 e. The Bertz CT molecular complexity index is 1050. The molecule has 27 heavy (non-hydrogen) atoms. The first-order valence-corrected chi connectivity index (χ1v) is 9.08. The van der Waals surface area contributed by atoms with E-state index in [4.69, 9.17) is 4.74 Å². The van der Waals surface area contributed by atoms with Crippen molar-refractivity contribution in [2.24, 2.45) is 0 Å². The van der Waals surface area contributed by atoms with Crippen LogP contribution in [-0.2, 0) is 0 Å². The Morgan fingerprint density at radius 2 is 2.07 bits per heavy atom. The summed E-state index contributed by atoms with van der Waals surface area (Å²) in [5.41, 5.74) is 1.92. The number of phenolic OH excluding ortho intramolecular Hbond substituents is 1. The van der Waals surface area contributed by atoms with E-state index in [-0.39, 0.29) is 22.9 Å². The molecule has 136 valence electrons. The van der Waals surface area contributed by atoms with E-state index in [0.717, 1.165) is 5.56 Å². The molecule has 2 aromatic carbocycles. The van der Waals surface area contributed by atoms with Crippen molar-refractivity contribution in [3.05, 3.63) is 58.1 Å². The Balaban J connectivity index is 1.88. The van der Waals surface area contributed by atoms with Crippen molar-refractivity contribution < 1.29 is 14.8 Å². The van der Waals surface area contributed by atoms with Crippen molar-refractivity contribution in [2.45, 2.75) is 11.4 Å². The van der Waals surface area contributed by atoms with Crippen molar-refractivity contribution in [1.29, 1.82) is 0 Å². The van der Waals surface area contributed by atoms with E-state index in [2.05, 4.69) is 20.5 Å². The lowest BCUT2D eigenvalue weighted by Gasteiger charge is -2.20. The van der Waals surface area contributed by atoms with Crippen molar-refractivity contribution >= 4 is 23.1 Å². The number of nitrogens with one attached hydrogen (secondary N) is 1. The number of hydrogen-bond acceptors (Lipinski definition) is 9. The summed E-state index contributed by atoms with van der Waals surface area (Å²) < 4.78 is 5.96. The number of thioether (sulfide) groups is 1. The van der Waals surface area contributed by atoms with Gasteiger partial charge in [-0.1, -0.05) is 30.0 Å². The third-order valence-corrected chi connectivity index (χ3v) is 4.56.